The molecule has 2 amide bonds. The van der Waals surface area contributed by atoms with Gasteiger partial charge in [-0.25, -0.2) is 0 Å². The molecule has 0 radical (unpaired) electrons. The van der Waals surface area contributed by atoms with Crippen molar-refractivity contribution in [2.45, 2.75) is 19.8 Å². The highest BCUT2D eigenvalue weighted by atomic mass is 16.2. The second-order valence-electron chi connectivity index (χ2n) is 6.35. The molecule has 0 spiro atoms. The van der Waals surface area contributed by atoms with Crippen LogP contribution in [-0.2, 0) is 9.59 Å². The van der Waals surface area contributed by atoms with Crippen LogP contribution < -0.4 is 10.2 Å². The molecule has 1 aliphatic rings. The Morgan fingerprint density at radius 3 is 2.58 bits per heavy atom. The molecule has 130 valence electrons. The molecule has 1 heterocycles. The first-order valence-corrected chi connectivity index (χ1v) is 8.70. The molecular formula is C19H28N3O2+. The molecule has 1 unspecified atom stereocenters. The molecule has 1 aromatic rings. The normalized spacial score (nSPS) is 15.6. The minimum Gasteiger partial charge on any atom is -0.351 e. The van der Waals surface area contributed by atoms with E-state index in [1.165, 1.54) is 11.1 Å². The summed E-state index contributed by atoms with van der Waals surface area (Å²) in [7, 11) is 1.89. The first-order chi connectivity index (χ1) is 11.6. The number of quaternary nitrogens is 1. The van der Waals surface area contributed by atoms with Crippen molar-refractivity contribution in [2.75, 3.05) is 39.8 Å². The molecule has 2 rings (SSSR count). The van der Waals surface area contributed by atoms with Crippen LogP contribution >= 0.6 is 0 Å². The quantitative estimate of drug-likeness (QED) is 0.758. The summed E-state index contributed by atoms with van der Waals surface area (Å²) in [6.07, 6.45) is 3.94. The van der Waals surface area contributed by atoms with Crippen molar-refractivity contribution >= 4 is 17.4 Å². The topological polar surface area (TPSA) is 53.9 Å². The monoisotopic (exact) mass is 330 g/mol. The molecule has 5 heteroatoms. The zero-order valence-corrected chi connectivity index (χ0v) is 14.7. The summed E-state index contributed by atoms with van der Waals surface area (Å²) in [4.78, 5) is 26.9. The predicted octanol–water partition coefficient (Wildman–Crippen LogP) is 0.343. The highest BCUT2D eigenvalue weighted by Crippen LogP contribution is 2.21. The predicted molar refractivity (Wildman–Crippen MR) is 95.5 cm³/mol. The Morgan fingerprint density at radius 1 is 1.21 bits per heavy atom. The number of likely N-dealkylation sites (N-methyl/N-ethyl adjacent to an activating group) is 1. The minimum atomic E-state index is 0.00653. The van der Waals surface area contributed by atoms with Gasteiger partial charge in [0.05, 0.1) is 7.05 Å². The molecule has 0 bridgehead atoms. The minimum absolute atomic E-state index is 0.00653. The lowest BCUT2D eigenvalue weighted by Gasteiger charge is -2.27. The number of carbonyl (C=O) groups excluding carboxylic acids is 2. The summed E-state index contributed by atoms with van der Waals surface area (Å²) in [5.41, 5.74) is 2.54. The largest absolute Gasteiger partial charge is 0.351 e. The Balaban J connectivity index is 1.80. The number of rotatable bonds is 7. The van der Waals surface area contributed by atoms with E-state index >= 15 is 0 Å². The summed E-state index contributed by atoms with van der Waals surface area (Å²) >= 11 is 0. The van der Waals surface area contributed by atoms with E-state index in [0.717, 1.165) is 24.3 Å². The van der Waals surface area contributed by atoms with E-state index in [2.05, 4.69) is 23.5 Å². The molecule has 0 fully saturated rings. The third-order valence-electron chi connectivity index (χ3n) is 4.19. The maximum absolute atomic E-state index is 12.4. The zero-order chi connectivity index (χ0) is 17.4. The van der Waals surface area contributed by atoms with Gasteiger partial charge < -0.3 is 15.1 Å². The van der Waals surface area contributed by atoms with E-state index in [9.17, 15) is 9.59 Å². The molecule has 24 heavy (non-hydrogen) atoms. The van der Waals surface area contributed by atoms with Crippen molar-refractivity contribution in [3.8, 4) is 0 Å². The second-order valence-corrected chi connectivity index (χ2v) is 6.35. The van der Waals surface area contributed by atoms with Crippen molar-refractivity contribution < 1.29 is 14.5 Å². The first kappa shape index (κ1) is 18.2. The smallest absolute Gasteiger partial charge is 0.278 e. The van der Waals surface area contributed by atoms with Gasteiger partial charge in [-0.05, 0) is 24.0 Å². The van der Waals surface area contributed by atoms with Gasteiger partial charge in [0.15, 0.2) is 13.1 Å². The van der Waals surface area contributed by atoms with Crippen LogP contribution in [0.3, 0.4) is 0 Å². The molecule has 1 aliphatic heterocycles. The fraction of sp³-hybridized carbons (Fsp3) is 0.474. The van der Waals surface area contributed by atoms with Crippen LogP contribution in [-0.4, -0.2) is 56.5 Å². The van der Waals surface area contributed by atoms with Gasteiger partial charge in [0.2, 0.25) is 0 Å². The SMILES string of the molecule is CCCNC(=O)C[NH+](C)CC(=O)N1CC=C(c2ccccc2)CC1. The van der Waals surface area contributed by atoms with E-state index in [4.69, 9.17) is 0 Å². The van der Waals surface area contributed by atoms with Crippen LogP contribution in [0.15, 0.2) is 36.4 Å². The average molecular weight is 330 g/mol. The van der Waals surface area contributed by atoms with Crippen LogP contribution in [0.25, 0.3) is 5.57 Å². The average Bonchev–Trinajstić information content (AvgIpc) is 2.60. The number of nitrogens with one attached hydrogen (secondary N) is 2. The van der Waals surface area contributed by atoms with Crippen LogP contribution in [0, 0.1) is 0 Å². The highest BCUT2D eigenvalue weighted by molar-refractivity contribution is 5.80. The van der Waals surface area contributed by atoms with Crippen molar-refractivity contribution in [1.29, 1.82) is 0 Å². The molecule has 0 saturated carbocycles. The van der Waals surface area contributed by atoms with E-state index in [1.807, 2.05) is 37.1 Å². The second kappa shape index (κ2) is 9.23. The number of hydrogen-bond donors (Lipinski definition) is 2. The van der Waals surface area contributed by atoms with Gasteiger partial charge in [0.25, 0.3) is 11.8 Å². The van der Waals surface area contributed by atoms with Crippen LogP contribution in [0.2, 0.25) is 0 Å². The maximum atomic E-state index is 12.4. The van der Waals surface area contributed by atoms with Gasteiger partial charge >= 0.3 is 0 Å². The lowest BCUT2D eigenvalue weighted by Crippen LogP contribution is -3.11. The molecule has 1 atom stereocenters. The Bertz CT molecular complexity index is 584. The molecule has 0 aromatic heterocycles. The van der Waals surface area contributed by atoms with Crippen molar-refractivity contribution in [2.24, 2.45) is 0 Å². The van der Waals surface area contributed by atoms with Gasteiger partial charge in [0, 0.05) is 19.6 Å². The molecule has 0 aliphatic carbocycles. The number of amides is 2. The number of carbonyl (C=O) groups is 2. The van der Waals surface area contributed by atoms with E-state index in [1.54, 1.807) is 0 Å². The molecule has 1 aromatic carbocycles. The van der Waals surface area contributed by atoms with E-state index < -0.39 is 0 Å². The summed E-state index contributed by atoms with van der Waals surface area (Å²) in [5.74, 6) is 0.117. The summed E-state index contributed by atoms with van der Waals surface area (Å²) in [6, 6.07) is 10.3. The summed E-state index contributed by atoms with van der Waals surface area (Å²) in [6.45, 7) is 4.80. The fourth-order valence-corrected chi connectivity index (χ4v) is 2.84. The third kappa shape index (κ3) is 5.49. The van der Waals surface area contributed by atoms with Crippen molar-refractivity contribution in [3.63, 3.8) is 0 Å². The molecule has 2 N–H and O–H groups in total. The number of nitrogens with zero attached hydrogens (tertiary/aromatic N) is 1. The summed E-state index contributed by atoms with van der Waals surface area (Å²) < 4.78 is 0. The first-order valence-electron chi connectivity index (χ1n) is 8.70. The van der Waals surface area contributed by atoms with Crippen molar-refractivity contribution in [3.05, 3.63) is 42.0 Å². The lowest BCUT2D eigenvalue weighted by molar-refractivity contribution is -0.863. The Morgan fingerprint density at radius 2 is 1.96 bits per heavy atom. The zero-order valence-electron chi connectivity index (χ0n) is 14.7. The Hall–Kier alpha value is -2.14. The molecular weight excluding hydrogens is 302 g/mol. The van der Waals surface area contributed by atoms with Crippen LogP contribution in [0.4, 0.5) is 0 Å². The van der Waals surface area contributed by atoms with Crippen LogP contribution in [0.5, 0.6) is 0 Å². The maximum Gasteiger partial charge on any atom is 0.278 e. The van der Waals surface area contributed by atoms with Gasteiger partial charge in [-0.1, -0.05) is 43.3 Å². The van der Waals surface area contributed by atoms with E-state index in [-0.39, 0.29) is 11.8 Å². The molecule has 5 nitrogen and oxygen atoms in total. The number of benzene rings is 1. The fourth-order valence-electron chi connectivity index (χ4n) is 2.84. The van der Waals surface area contributed by atoms with E-state index in [0.29, 0.717) is 26.2 Å². The standard InChI is InChI=1S/C19H27N3O2/c1-3-11-20-18(23)14-21(2)15-19(24)22-12-9-17(10-13-22)16-7-5-4-6-8-16/h4-9H,3,10-15H2,1-2H3,(H,20,23)/p+1. The van der Waals surface area contributed by atoms with Gasteiger partial charge in [-0.2, -0.15) is 0 Å². The molecule has 0 saturated heterocycles. The van der Waals surface area contributed by atoms with Crippen molar-refractivity contribution in [1.82, 2.24) is 10.2 Å². The van der Waals surface area contributed by atoms with Crippen LogP contribution in [0.1, 0.15) is 25.3 Å². The number of hydrogen-bond acceptors (Lipinski definition) is 2. The van der Waals surface area contributed by atoms with Gasteiger partial charge in [-0.3, -0.25) is 9.59 Å². The summed E-state index contributed by atoms with van der Waals surface area (Å²) in [5, 5.41) is 2.85. The highest BCUT2D eigenvalue weighted by Gasteiger charge is 2.21. The lowest BCUT2D eigenvalue weighted by atomic mass is 9.99. The van der Waals surface area contributed by atoms with Gasteiger partial charge in [0.1, 0.15) is 0 Å². The Kier molecular flexibility index (Phi) is 7.00. The van der Waals surface area contributed by atoms with Gasteiger partial charge in [-0.15, -0.1) is 0 Å². The Labute approximate surface area is 144 Å². The third-order valence-corrected chi connectivity index (χ3v) is 4.19.